The van der Waals surface area contributed by atoms with Crippen molar-refractivity contribution >= 4 is 0 Å². The quantitative estimate of drug-likeness (QED) is 0.860. The second-order valence-electron chi connectivity index (χ2n) is 3.84. The molecule has 0 saturated heterocycles. The van der Waals surface area contributed by atoms with Crippen LogP contribution in [0.2, 0.25) is 0 Å². The number of aromatic nitrogens is 1. The summed E-state index contributed by atoms with van der Waals surface area (Å²) in [6.07, 6.45) is 7.67. The summed E-state index contributed by atoms with van der Waals surface area (Å²) in [6, 6.07) is 3.54. The fourth-order valence-electron chi connectivity index (χ4n) is 1.55. The SMILES string of the molecule is CCCOc1cncc(C(N)c2ccoc2)c1. The maximum Gasteiger partial charge on any atom is 0.137 e. The van der Waals surface area contributed by atoms with Crippen molar-refractivity contribution in [3.63, 3.8) is 0 Å². The van der Waals surface area contributed by atoms with Gasteiger partial charge in [0.1, 0.15) is 5.75 Å². The van der Waals surface area contributed by atoms with Crippen molar-refractivity contribution in [2.45, 2.75) is 19.4 Å². The standard InChI is InChI=1S/C13H16N2O2/c1-2-4-17-12-6-11(7-15-8-12)13(14)10-3-5-16-9-10/h3,5-9,13H,2,4,14H2,1H3. The molecule has 0 aromatic carbocycles. The van der Waals surface area contributed by atoms with Crippen LogP contribution >= 0.6 is 0 Å². The molecule has 1 atom stereocenters. The highest BCUT2D eigenvalue weighted by Crippen LogP contribution is 2.22. The molecule has 2 aromatic heterocycles. The van der Waals surface area contributed by atoms with Gasteiger partial charge in [-0.3, -0.25) is 4.98 Å². The molecule has 1 unspecified atom stereocenters. The zero-order valence-electron chi connectivity index (χ0n) is 9.80. The van der Waals surface area contributed by atoms with Crippen LogP contribution in [0, 0.1) is 0 Å². The highest BCUT2D eigenvalue weighted by Gasteiger charge is 2.11. The minimum atomic E-state index is -0.230. The van der Waals surface area contributed by atoms with Crippen LogP contribution in [-0.2, 0) is 0 Å². The normalized spacial score (nSPS) is 12.4. The maximum absolute atomic E-state index is 6.10. The third-order valence-corrected chi connectivity index (χ3v) is 2.47. The van der Waals surface area contributed by atoms with E-state index in [1.54, 1.807) is 24.9 Å². The zero-order valence-corrected chi connectivity index (χ0v) is 9.80. The Hall–Kier alpha value is -1.81. The maximum atomic E-state index is 6.10. The van der Waals surface area contributed by atoms with Crippen molar-refractivity contribution in [2.24, 2.45) is 5.73 Å². The average Bonchev–Trinajstić information content (AvgIpc) is 2.89. The molecule has 2 aromatic rings. The van der Waals surface area contributed by atoms with E-state index in [0.717, 1.165) is 23.3 Å². The van der Waals surface area contributed by atoms with Gasteiger partial charge in [0, 0.05) is 11.8 Å². The van der Waals surface area contributed by atoms with Gasteiger partial charge in [0.05, 0.1) is 31.4 Å². The molecular formula is C13H16N2O2. The van der Waals surface area contributed by atoms with E-state index < -0.39 is 0 Å². The largest absolute Gasteiger partial charge is 0.492 e. The molecule has 0 bridgehead atoms. The van der Waals surface area contributed by atoms with E-state index in [9.17, 15) is 0 Å². The number of rotatable bonds is 5. The van der Waals surface area contributed by atoms with Gasteiger partial charge in [-0.1, -0.05) is 6.92 Å². The first kappa shape index (κ1) is 11.7. The van der Waals surface area contributed by atoms with Gasteiger partial charge in [0.15, 0.2) is 0 Å². The van der Waals surface area contributed by atoms with Crippen LogP contribution in [0.5, 0.6) is 5.75 Å². The van der Waals surface area contributed by atoms with E-state index in [2.05, 4.69) is 11.9 Å². The summed E-state index contributed by atoms with van der Waals surface area (Å²) in [7, 11) is 0. The Kier molecular flexibility index (Phi) is 3.77. The van der Waals surface area contributed by atoms with Crippen molar-refractivity contribution in [1.82, 2.24) is 4.98 Å². The summed E-state index contributed by atoms with van der Waals surface area (Å²) < 4.78 is 10.5. The lowest BCUT2D eigenvalue weighted by molar-refractivity contribution is 0.315. The molecule has 0 saturated carbocycles. The van der Waals surface area contributed by atoms with Gasteiger partial charge < -0.3 is 14.9 Å². The monoisotopic (exact) mass is 232 g/mol. The number of nitrogens with zero attached hydrogens (tertiary/aromatic N) is 1. The number of nitrogens with two attached hydrogens (primary N) is 1. The Balaban J connectivity index is 2.15. The minimum Gasteiger partial charge on any atom is -0.492 e. The van der Waals surface area contributed by atoms with Crippen LogP contribution in [0.15, 0.2) is 41.5 Å². The summed E-state index contributed by atoms with van der Waals surface area (Å²) in [5.41, 5.74) is 7.95. The highest BCUT2D eigenvalue weighted by atomic mass is 16.5. The van der Waals surface area contributed by atoms with Gasteiger partial charge in [-0.25, -0.2) is 0 Å². The molecule has 4 nitrogen and oxygen atoms in total. The van der Waals surface area contributed by atoms with E-state index in [-0.39, 0.29) is 6.04 Å². The van der Waals surface area contributed by atoms with Crippen LogP contribution in [0.3, 0.4) is 0 Å². The lowest BCUT2D eigenvalue weighted by atomic mass is 10.0. The summed E-state index contributed by atoms with van der Waals surface area (Å²) >= 11 is 0. The highest BCUT2D eigenvalue weighted by molar-refractivity contribution is 5.31. The van der Waals surface area contributed by atoms with E-state index >= 15 is 0 Å². The lowest BCUT2D eigenvalue weighted by Gasteiger charge is -2.11. The van der Waals surface area contributed by atoms with E-state index in [0.29, 0.717) is 6.61 Å². The average molecular weight is 232 g/mol. The van der Waals surface area contributed by atoms with Gasteiger partial charge >= 0.3 is 0 Å². The van der Waals surface area contributed by atoms with E-state index in [1.165, 1.54) is 0 Å². The summed E-state index contributed by atoms with van der Waals surface area (Å²) in [6.45, 7) is 2.75. The topological polar surface area (TPSA) is 61.3 Å². The van der Waals surface area contributed by atoms with E-state index in [4.69, 9.17) is 14.9 Å². The van der Waals surface area contributed by atoms with Crippen molar-refractivity contribution in [1.29, 1.82) is 0 Å². The molecule has 0 aliphatic carbocycles. The number of ether oxygens (including phenoxy) is 1. The molecule has 0 fully saturated rings. The third kappa shape index (κ3) is 2.85. The molecule has 17 heavy (non-hydrogen) atoms. The molecule has 0 aliphatic rings. The fourth-order valence-corrected chi connectivity index (χ4v) is 1.55. The van der Waals surface area contributed by atoms with Gasteiger partial charge in [-0.05, 0) is 24.1 Å². The Morgan fingerprint density at radius 3 is 3.00 bits per heavy atom. The van der Waals surface area contributed by atoms with Crippen LogP contribution < -0.4 is 10.5 Å². The molecule has 90 valence electrons. The van der Waals surface area contributed by atoms with Crippen LogP contribution in [0.1, 0.15) is 30.5 Å². The van der Waals surface area contributed by atoms with E-state index in [1.807, 2.05) is 12.1 Å². The molecule has 0 amide bonds. The summed E-state index contributed by atoms with van der Waals surface area (Å²) in [5.74, 6) is 0.753. The minimum absolute atomic E-state index is 0.230. The fraction of sp³-hybridized carbons (Fsp3) is 0.308. The molecule has 0 spiro atoms. The predicted molar refractivity (Wildman–Crippen MR) is 64.8 cm³/mol. The predicted octanol–water partition coefficient (Wildman–Crippen LogP) is 2.51. The molecule has 2 N–H and O–H groups in total. The summed E-state index contributed by atoms with van der Waals surface area (Å²) in [5, 5.41) is 0. The molecule has 0 aliphatic heterocycles. The Morgan fingerprint density at radius 1 is 1.41 bits per heavy atom. The first-order valence-corrected chi connectivity index (χ1v) is 5.66. The second-order valence-corrected chi connectivity index (χ2v) is 3.84. The molecule has 0 radical (unpaired) electrons. The molecule has 2 rings (SSSR count). The molecule has 2 heterocycles. The number of hydrogen-bond donors (Lipinski definition) is 1. The first-order valence-electron chi connectivity index (χ1n) is 5.66. The van der Waals surface area contributed by atoms with Crippen LogP contribution in [-0.4, -0.2) is 11.6 Å². The Bertz CT molecular complexity index is 454. The van der Waals surface area contributed by atoms with Crippen LogP contribution in [0.25, 0.3) is 0 Å². The first-order chi connectivity index (χ1) is 8.31. The van der Waals surface area contributed by atoms with Crippen molar-refractivity contribution in [3.05, 3.63) is 48.2 Å². The van der Waals surface area contributed by atoms with Crippen LogP contribution in [0.4, 0.5) is 0 Å². The van der Waals surface area contributed by atoms with Crippen molar-refractivity contribution in [3.8, 4) is 5.75 Å². The van der Waals surface area contributed by atoms with Crippen molar-refractivity contribution < 1.29 is 9.15 Å². The smallest absolute Gasteiger partial charge is 0.137 e. The third-order valence-electron chi connectivity index (χ3n) is 2.47. The lowest BCUT2D eigenvalue weighted by Crippen LogP contribution is -2.11. The number of furan rings is 1. The molecule has 4 heteroatoms. The van der Waals surface area contributed by atoms with Crippen molar-refractivity contribution in [2.75, 3.05) is 6.61 Å². The Labute approximate surface area is 100 Å². The second kappa shape index (κ2) is 5.50. The van der Waals surface area contributed by atoms with Gasteiger partial charge in [-0.2, -0.15) is 0 Å². The molecular weight excluding hydrogens is 216 g/mol. The Morgan fingerprint density at radius 2 is 2.29 bits per heavy atom. The zero-order chi connectivity index (χ0) is 12.1. The van der Waals surface area contributed by atoms with Gasteiger partial charge in [0.25, 0.3) is 0 Å². The van der Waals surface area contributed by atoms with Gasteiger partial charge in [0.2, 0.25) is 0 Å². The summed E-state index contributed by atoms with van der Waals surface area (Å²) in [4.78, 5) is 4.13. The number of hydrogen-bond acceptors (Lipinski definition) is 4. The number of pyridine rings is 1. The van der Waals surface area contributed by atoms with Gasteiger partial charge in [-0.15, -0.1) is 0 Å².